The van der Waals surface area contributed by atoms with Gasteiger partial charge in [-0.15, -0.1) is 0 Å². The Kier molecular flexibility index (Phi) is 4.64. The number of nitrogens with zero attached hydrogens (tertiary/aromatic N) is 3. The number of rotatable bonds is 3. The Balaban J connectivity index is 1.72. The minimum atomic E-state index is -0.454. The maximum Gasteiger partial charge on any atom is 0.300 e. The number of benzene rings is 1. The number of hydrogen-bond donors (Lipinski definition) is 0. The molecule has 0 radical (unpaired) electrons. The van der Waals surface area contributed by atoms with Crippen LogP contribution in [0.25, 0.3) is 0 Å². The van der Waals surface area contributed by atoms with Crippen LogP contribution in [0.5, 0.6) is 0 Å². The molecule has 6 nitrogen and oxygen atoms in total. The average molecular weight is 343 g/mol. The summed E-state index contributed by atoms with van der Waals surface area (Å²) in [4.78, 5) is 42.4. The summed E-state index contributed by atoms with van der Waals surface area (Å²) in [6, 6.07) is 3.84. The molecule has 2 heterocycles. The second-order valence-electron chi connectivity index (χ2n) is 7.28. The molecule has 0 aliphatic carbocycles. The van der Waals surface area contributed by atoms with Crippen LogP contribution in [-0.4, -0.2) is 60.2 Å². The molecule has 3 rings (SSSR count). The molecule has 0 aromatic heterocycles. The van der Waals surface area contributed by atoms with Gasteiger partial charge in [0.2, 0.25) is 5.91 Å². The summed E-state index contributed by atoms with van der Waals surface area (Å²) in [5.41, 5.74) is 3.14. The molecular formula is C19H25N3O3. The van der Waals surface area contributed by atoms with Crippen LogP contribution in [0.2, 0.25) is 0 Å². The predicted octanol–water partition coefficient (Wildman–Crippen LogP) is 1.59. The van der Waals surface area contributed by atoms with Crippen LogP contribution in [0.1, 0.15) is 35.3 Å². The number of aryl methyl sites for hydroxylation is 2. The molecule has 0 N–H and O–H groups in total. The van der Waals surface area contributed by atoms with Crippen molar-refractivity contribution in [1.82, 2.24) is 9.80 Å². The maximum absolute atomic E-state index is 12.4. The number of carbonyl (C=O) groups is 3. The summed E-state index contributed by atoms with van der Waals surface area (Å²) in [7, 11) is 0. The van der Waals surface area contributed by atoms with E-state index in [1.807, 2.05) is 44.7 Å². The number of piperazine rings is 1. The first-order valence-corrected chi connectivity index (χ1v) is 8.78. The summed E-state index contributed by atoms with van der Waals surface area (Å²) in [5.74, 6) is -0.698. The van der Waals surface area contributed by atoms with Crippen molar-refractivity contribution in [1.29, 1.82) is 0 Å². The summed E-state index contributed by atoms with van der Waals surface area (Å²) < 4.78 is 0. The third-order valence-electron chi connectivity index (χ3n) is 4.94. The third kappa shape index (κ3) is 3.18. The molecule has 1 saturated heterocycles. The van der Waals surface area contributed by atoms with E-state index in [4.69, 9.17) is 0 Å². The molecule has 0 saturated carbocycles. The van der Waals surface area contributed by atoms with Gasteiger partial charge < -0.3 is 4.90 Å². The lowest BCUT2D eigenvalue weighted by molar-refractivity contribution is -0.136. The molecule has 1 aromatic carbocycles. The fourth-order valence-corrected chi connectivity index (χ4v) is 3.61. The maximum atomic E-state index is 12.4. The Hall–Kier alpha value is -2.21. The quantitative estimate of drug-likeness (QED) is 0.782. The van der Waals surface area contributed by atoms with E-state index in [-0.39, 0.29) is 11.8 Å². The normalized spacial score (nSPS) is 18.3. The van der Waals surface area contributed by atoms with Gasteiger partial charge in [-0.25, -0.2) is 0 Å². The molecule has 0 unspecified atom stereocenters. The van der Waals surface area contributed by atoms with Crippen LogP contribution in [0, 0.1) is 19.8 Å². The van der Waals surface area contributed by atoms with Crippen molar-refractivity contribution in [3.05, 3.63) is 28.8 Å². The number of carbonyl (C=O) groups excluding carboxylic acids is 3. The Morgan fingerprint density at radius 3 is 2.32 bits per heavy atom. The second-order valence-corrected chi connectivity index (χ2v) is 7.28. The third-order valence-corrected chi connectivity index (χ3v) is 4.94. The van der Waals surface area contributed by atoms with Crippen LogP contribution in [-0.2, 0) is 9.59 Å². The van der Waals surface area contributed by atoms with Crippen molar-refractivity contribution in [3.8, 4) is 0 Å². The molecule has 1 aromatic rings. The van der Waals surface area contributed by atoms with Gasteiger partial charge in [0.25, 0.3) is 5.78 Å². The first kappa shape index (κ1) is 17.6. The summed E-state index contributed by atoms with van der Waals surface area (Å²) in [5, 5.41) is 0. The van der Waals surface area contributed by atoms with Crippen molar-refractivity contribution >= 4 is 23.3 Å². The molecule has 134 valence electrons. The number of anilines is 1. The highest BCUT2D eigenvalue weighted by Crippen LogP contribution is 2.32. The van der Waals surface area contributed by atoms with Crippen molar-refractivity contribution in [2.24, 2.45) is 5.92 Å². The van der Waals surface area contributed by atoms with E-state index in [0.717, 1.165) is 11.1 Å². The van der Waals surface area contributed by atoms with Gasteiger partial charge in [-0.05, 0) is 31.0 Å². The highest BCUT2D eigenvalue weighted by atomic mass is 16.2. The molecule has 0 spiro atoms. The van der Waals surface area contributed by atoms with Crippen LogP contribution >= 0.6 is 0 Å². The Morgan fingerprint density at radius 2 is 1.72 bits per heavy atom. The topological polar surface area (TPSA) is 60.9 Å². The zero-order valence-electron chi connectivity index (χ0n) is 15.3. The van der Waals surface area contributed by atoms with Gasteiger partial charge in [0.1, 0.15) is 0 Å². The minimum Gasteiger partial charge on any atom is -0.340 e. The van der Waals surface area contributed by atoms with Crippen LogP contribution in [0.4, 0.5) is 5.69 Å². The van der Waals surface area contributed by atoms with E-state index in [9.17, 15) is 14.4 Å². The lowest BCUT2D eigenvalue weighted by Crippen LogP contribution is -2.53. The zero-order valence-corrected chi connectivity index (χ0v) is 15.3. The number of hydrogen-bond acceptors (Lipinski definition) is 4. The van der Waals surface area contributed by atoms with Crippen molar-refractivity contribution in [3.63, 3.8) is 0 Å². The molecular weight excluding hydrogens is 318 g/mol. The average Bonchev–Trinajstić information content (AvgIpc) is 2.79. The number of amides is 2. The van der Waals surface area contributed by atoms with Crippen molar-refractivity contribution < 1.29 is 14.4 Å². The highest BCUT2D eigenvalue weighted by Gasteiger charge is 2.38. The van der Waals surface area contributed by atoms with Crippen molar-refractivity contribution in [2.45, 2.75) is 27.7 Å². The van der Waals surface area contributed by atoms with Gasteiger partial charge in [0.05, 0.1) is 17.9 Å². The SMILES string of the molecule is Cc1cc(C)c2c(c1)N(CN1CCN(C(=O)C(C)C)CC1)C(=O)C2=O. The molecule has 2 aliphatic rings. The second kappa shape index (κ2) is 6.59. The zero-order chi connectivity index (χ0) is 18.3. The van der Waals surface area contributed by atoms with Gasteiger partial charge in [0.15, 0.2) is 0 Å². The number of ketones is 1. The lowest BCUT2D eigenvalue weighted by atomic mass is 10.0. The van der Waals surface area contributed by atoms with Crippen LogP contribution < -0.4 is 4.90 Å². The molecule has 6 heteroatoms. The van der Waals surface area contributed by atoms with E-state index in [2.05, 4.69) is 4.90 Å². The Labute approximate surface area is 148 Å². The summed E-state index contributed by atoms with van der Waals surface area (Å²) in [6.45, 7) is 10.8. The highest BCUT2D eigenvalue weighted by molar-refractivity contribution is 6.52. The monoisotopic (exact) mass is 343 g/mol. The fourth-order valence-electron chi connectivity index (χ4n) is 3.61. The van der Waals surface area contributed by atoms with Crippen LogP contribution in [0.15, 0.2) is 12.1 Å². The standard InChI is InChI=1S/C19H25N3O3/c1-12(2)18(24)21-7-5-20(6-8-21)11-22-15-10-13(3)9-14(4)16(15)17(23)19(22)25/h9-10,12H,5-8,11H2,1-4H3. The van der Waals surface area contributed by atoms with Gasteiger partial charge in [-0.2, -0.15) is 0 Å². The number of Topliss-reactive ketones (excluding diaryl/α,β-unsaturated/α-hetero) is 1. The minimum absolute atomic E-state index is 0.00200. The first-order chi connectivity index (χ1) is 11.8. The molecule has 2 aliphatic heterocycles. The van der Waals surface area contributed by atoms with Gasteiger partial charge in [0, 0.05) is 32.1 Å². The van der Waals surface area contributed by atoms with Gasteiger partial charge in [-0.3, -0.25) is 24.2 Å². The summed E-state index contributed by atoms with van der Waals surface area (Å²) in [6.07, 6.45) is 0. The van der Waals surface area contributed by atoms with E-state index in [0.29, 0.717) is 44.1 Å². The predicted molar refractivity (Wildman–Crippen MR) is 95.6 cm³/mol. The smallest absolute Gasteiger partial charge is 0.300 e. The summed E-state index contributed by atoms with van der Waals surface area (Å²) >= 11 is 0. The van der Waals surface area contributed by atoms with Crippen LogP contribution in [0.3, 0.4) is 0 Å². The van der Waals surface area contributed by atoms with E-state index in [1.165, 1.54) is 0 Å². The molecule has 0 atom stereocenters. The largest absolute Gasteiger partial charge is 0.340 e. The van der Waals surface area contributed by atoms with Gasteiger partial charge >= 0.3 is 5.91 Å². The fraction of sp³-hybridized carbons (Fsp3) is 0.526. The first-order valence-electron chi connectivity index (χ1n) is 8.78. The molecule has 0 bridgehead atoms. The lowest BCUT2D eigenvalue weighted by Gasteiger charge is -2.37. The van der Waals surface area contributed by atoms with E-state index >= 15 is 0 Å². The Morgan fingerprint density at radius 1 is 1.08 bits per heavy atom. The molecule has 1 fully saturated rings. The molecule has 25 heavy (non-hydrogen) atoms. The Bertz CT molecular complexity index is 734. The van der Waals surface area contributed by atoms with E-state index in [1.54, 1.807) is 4.90 Å². The number of fused-ring (bicyclic) bond motifs is 1. The van der Waals surface area contributed by atoms with E-state index < -0.39 is 11.7 Å². The van der Waals surface area contributed by atoms with Gasteiger partial charge in [-0.1, -0.05) is 19.9 Å². The van der Waals surface area contributed by atoms with Crippen molar-refractivity contribution in [2.75, 3.05) is 37.7 Å². The molecule has 2 amide bonds.